The summed E-state index contributed by atoms with van der Waals surface area (Å²) >= 11 is 6.37. The second kappa shape index (κ2) is 8.79. The molecule has 1 saturated heterocycles. The van der Waals surface area contributed by atoms with Crippen LogP contribution in [-0.4, -0.2) is 47.0 Å². The van der Waals surface area contributed by atoms with E-state index in [4.69, 9.17) is 16.6 Å². The molecule has 0 unspecified atom stereocenters. The molecule has 0 saturated carbocycles. The van der Waals surface area contributed by atoms with E-state index < -0.39 is 0 Å². The van der Waals surface area contributed by atoms with E-state index in [9.17, 15) is 9.18 Å². The van der Waals surface area contributed by atoms with Gasteiger partial charge in [0.25, 0.3) is 5.91 Å². The summed E-state index contributed by atoms with van der Waals surface area (Å²) in [4.78, 5) is 26.7. The highest BCUT2D eigenvalue weighted by molar-refractivity contribution is 6.32. The Labute approximate surface area is 196 Å². The topological polar surface area (TPSA) is 49.3 Å². The minimum Gasteiger partial charge on any atom is -0.368 e. The van der Waals surface area contributed by atoms with E-state index in [0.717, 1.165) is 27.7 Å². The van der Waals surface area contributed by atoms with Crippen LogP contribution in [0.5, 0.6) is 0 Å². The lowest BCUT2D eigenvalue weighted by molar-refractivity contribution is 0.0748. The number of halogens is 2. The molecule has 2 aromatic carbocycles. The number of aryl methyl sites for hydroxylation is 1. The first-order valence-electron chi connectivity index (χ1n) is 10.8. The van der Waals surface area contributed by atoms with Gasteiger partial charge in [-0.2, -0.15) is 0 Å². The van der Waals surface area contributed by atoms with Gasteiger partial charge in [-0.05, 0) is 61.0 Å². The monoisotopic (exact) mass is 460 g/mol. The lowest BCUT2D eigenvalue weighted by Crippen LogP contribution is -2.48. The molecule has 1 aliphatic rings. The fourth-order valence-corrected chi connectivity index (χ4v) is 4.39. The van der Waals surface area contributed by atoms with Gasteiger partial charge in [0.2, 0.25) is 0 Å². The second-order valence-electron chi connectivity index (χ2n) is 8.12. The van der Waals surface area contributed by atoms with Gasteiger partial charge in [-0.25, -0.2) is 9.37 Å². The average molecular weight is 461 g/mol. The van der Waals surface area contributed by atoms with Crippen molar-refractivity contribution < 1.29 is 9.18 Å². The Balaban J connectivity index is 1.48. The molecule has 1 aliphatic heterocycles. The van der Waals surface area contributed by atoms with Crippen LogP contribution < -0.4 is 4.90 Å². The fraction of sp³-hybridized carbons (Fsp3) is 0.192. The van der Waals surface area contributed by atoms with Gasteiger partial charge in [0.05, 0.1) is 16.8 Å². The molecule has 1 fully saturated rings. The number of piperazine rings is 1. The van der Waals surface area contributed by atoms with Crippen molar-refractivity contribution in [1.82, 2.24) is 14.9 Å². The summed E-state index contributed by atoms with van der Waals surface area (Å²) in [5.74, 6) is -0.287. The lowest BCUT2D eigenvalue weighted by atomic mass is 10.0. The molecule has 0 N–H and O–H groups in total. The van der Waals surface area contributed by atoms with Crippen molar-refractivity contribution in [2.24, 2.45) is 0 Å². The number of fused-ring (bicyclic) bond motifs is 1. The maximum Gasteiger partial charge on any atom is 0.254 e. The molecule has 4 aromatic rings. The number of aromatic nitrogens is 2. The minimum absolute atomic E-state index is 0.0342. The third kappa shape index (κ3) is 4.14. The first-order chi connectivity index (χ1) is 16.0. The Kier molecular flexibility index (Phi) is 5.68. The molecule has 1 amide bonds. The molecule has 2 aromatic heterocycles. The predicted molar refractivity (Wildman–Crippen MR) is 129 cm³/mol. The van der Waals surface area contributed by atoms with Gasteiger partial charge >= 0.3 is 0 Å². The fourth-order valence-electron chi connectivity index (χ4n) is 4.23. The number of amides is 1. The number of rotatable bonds is 3. The van der Waals surface area contributed by atoms with E-state index in [0.29, 0.717) is 42.5 Å². The first-order valence-corrected chi connectivity index (χ1v) is 11.2. The molecule has 7 heteroatoms. The molecule has 0 radical (unpaired) electrons. The average Bonchev–Trinajstić information content (AvgIpc) is 2.86. The molecular weight excluding hydrogens is 439 g/mol. The van der Waals surface area contributed by atoms with Crippen molar-refractivity contribution in [3.63, 3.8) is 0 Å². The summed E-state index contributed by atoms with van der Waals surface area (Å²) in [5, 5.41) is 1.40. The van der Waals surface area contributed by atoms with Crippen LogP contribution in [0, 0.1) is 12.7 Å². The van der Waals surface area contributed by atoms with Gasteiger partial charge in [0, 0.05) is 60.2 Å². The number of carbonyl (C=O) groups excluding carboxylic acids is 1. The lowest BCUT2D eigenvalue weighted by Gasteiger charge is -2.36. The van der Waals surface area contributed by atoms with E-state index in [1.807, 2.05) is 42.2 Å². The quantitative estimate of drug-likeness (QED) is 0.413. The van der Waals surface area contributed by atoms with E-state index in [1.165, 1.54) is 12.1 Å². The Morgan fingerprint density at radius 2 is 1.79 bits per heavy atom. The Morgan fingerprint density at radius 1 is 1.03 bits per heavy atom. The summed E-state index contributed by atoms with van der Waals surface area (Å²) in [6, 6.07) is 15.8. The SMILES string of the molecule is Cc1c(Cl)ccc2c(C(=O)N3CCN(c4ccc(F)cc4)CC3)cc(-c3cccnc3)nc12. The van der Waals surface area contributed by atoms with Crippen molar-refractivity contribution >= 4 is 34.1 Å². The van der Waals surface area contributed by atoms with E-state index in [2.05, 4.69) is 9.88 Å². The van der Waals surface area contributed by atoms with E-state index >= 15 is 0 Å². The van der Waals surface area contributed by atoms with Gasteiger partial charge < -0.3 is 9.80 Å². The molecule has 166 valence electrons. The summed E-state index contributed by atoms with van der Waals surface area (Å²) in [5.41, 5.74) is 4.66. The standard InChI is InChI=1S/C26H22ClFN4O/c1-17-23(27)9-8-21-22(15-24(30-25(17)21)18-3-2-10-29-16-18)26(33)32-13-11-31(12-14-32)20-6-4-19(28)5-7-20/h2-10,15-16H,11-14H2,1H3. The van der Waals surface area contributed by atoms with Crippen LogP contribution in [0.25, 0.3) is 22.2 Å². The van der Waals surface area contributed by atoms with Crippen LogP contribution in [0.1, 0.15) is 15.9 Å². The molecule has 0 spiro atoms. The molecule has 33 heavy (non-hydrogen) atoms. The zero-order valence-corrected chi connectivity index (χ0v) is 18.9. The molecule has 0 bridgehead atoms. The van der Waals surface area contributed by atoms with Crippen LogP contribution in [0.2, 0.25) is 5.02 Å². The van der Waals surface area contributed by atoms with E-state index in [-0.39, 0.29) is 11.7 Å². The van der Waals surface area contributed by atoms with E-state index in [1.54, 1.807) is 24.5 Å². The highest BCUT2D eigenvalue weighted by atomic mass is 35.5. The zero-order valence-electron chi connectivity index (χ0n) is 18.1. The normalized spacial score (nSPS) is 14.0. The van der Waals surface area contributed by atoms with Gasteiger partial charge in [-0.15, -0.1) is 0 Å². The zero-order chi connectivity index (χ0) is 22.9. The van der Waals surface area contributed by atoms with Crippen LogP contribution in [0.15, 0.2) is 67.0 Å². The second-order valence-corrected chi connectivity index (χ2v) is 8.53. The highest BCUT2D eigenvalue weighted by Crippen LogP contribution is 2.31. The maximum atomic E-state index is 13.7. The highest BCUT2D eigenvalue weighted by Gasteiger charge is 2.25. The van der Waals surface area contributed by atoms with Gasteiger partial charge in [0.1, 0.15) is 5.82 Å². The van der Waals surface area contributed by atoms with Crippen molar-refractivity contribution in [1.29, 1.82) is 0 Å². The molecule has 5 rings (SSSR count). The van der Waals surface area contributed by atoms with Crippen molar-refractivity contribution in [3.8, 4) is 11.3 Å². The molecule has 3 heterocycles. The van der Waals surface area contributed by atoms with Gasteiger partial charge in [-0.1, -0.05) is 17.7 Å². The van der Waals surface area contributed by atoms with Crippen molar-refractivity contribution in [2.45, 2.75) is 6.92 Å². The number of pyridine rings is 2. The Bertz CT molecular complexity index is 1320. The molecule has 5 nitrogen and oxygen atoms in total. The van der Waals surface area contributed by atoms with Crippen LogP contribution in [0.4, 0.5) is 10.1 Å². The number of benzene rings is 2. The number of hydrogen-bond acceptors (Lipinski definition) is 4. The smallest absolute Gasteiger partial charge is 0.254 e. The van der Waals surface area contributed by atoms with Gasteiger partial charge in [-0.3, -0.25) is 9.78 Å². The number of carbonyl (C=O) groups is 1. The molecule has 0 aliphatic carbocycles. The summed E-state index contributed by atoms with van der Waals surface area (Å²) < 4.78 is 13.3. The largest absolute Gasteiger partial charge is 0.368 e. The van der Waals surface area contributed by atoms with Crippen LogP contribution >= 0.6 is 11.6 Å². The summed E-state index contributed by atoms with van der Waals surface area (Å²) in [6.07, 6.45) is 3.45. The van der Waals surface area contributed by atoms with Crippen molar-refractivity contribution in [2.75, 3.05) is 31.1 Å². The number of anilines is 1. The number of nitrogens with zero attached hydrogens (tertiary/aromatic N) is 4. The van der Waals surface area contributed by atoms with Crippen molar-refractivity contribution in [3.05, 3.63) is 89.0 Å². The van der Waals surface area contributed by atoms with Crippen LogP contribution in [-0.2, 0) is 0 Å². The van der Waals surface area contributed by atoms with Gasteiger partial charge in [0.15, 0.2) is 0 Å². The maximum absolute atomic E-state index is 13.7. The third-order valence-corrected chi connectivity index (χ3v) is 6.52. The Morgan fingerprint density at radius 3 is 2.48 bits per heavy atom. The number of hydrogen-bond donors (Lipinski definition) is 0. The Hall–Kier alpha value is -3.51. The summed E-state index contributed by atoms with van der Waals surface area (Å²) in [6.45, 7) is 4.44. The third-order valence-electron chi connectivity index (χ3n) is 6.11. The minimum atomic E-state index is -0.253. The summed E-state index contributed by atoms with van der Waals surface area (Å²) in [7, 11) is 0. The first kappa shape index (κ1) is 21.3. The predicted octanol–water partition coefficient (Wildman–Crippen LogP) is 5.36. The van der Waals surface area contributed by atoms with Crippen LogP contribution in [0.3, 0.4) is 0 Å². The molecular formula is C26H22ClFN4O. The molecule has 0 atom stereocenters.